The molecule has 12 aromatic rings. The fraction of sp³-hybridized carbons (Fsp3) is 0.309. The molecule has 134 heavy (non-hydrogen) atoms. The SMILES string of the molecule is CCN(Cc1ccccc1)c1nc(NCCO[Si](c2ccccc2)(c2ccccc2)C(C)(C)C)nc(NC)c1[N+](=O)[O-].CCN(Cc1ccccc1)c1nc(S(C)(=O)=O)nc(NC)c1[N+](=O)[O-].CCN(Cc1ccccc1)c1nc(SC)nc(Cl)c1[N+](=O)[O-].CCN(Cc1ccccc1)c1nc(SC)nc(NC)c1[N+](=O)[O-].CCNCc1ccccc1.COc1ccc(C=O)c(OC)c1. The number of aldehydes is 1. The topological polar surface area (TPSA) is 428 Å². The minimum absolute atomic E-state index is 0.0314. The highest BCUT2D eigenvalue weighted by atomic mass is 35.5. The number of nitrogens with zero attached hydrogens (tertiary/aromatic N) is 16. The minimum Gasteiger partial charge on any atom is -0.497 e. The van der Waals surface area contributed by atoms with Crippen molar-refractivity contribution in [1.82, 2.24) is 45.2 Å². The average molecular weight is 1920 g/mol. The molecule has 35 nitrogen and oxygen atoms in total. The number of aromatic nitrogens is 8. The van der Waals surface area contributed by atoms with E-state index in [1.54, 1.807) is 50.6 Å². The number of halogens is 1. The molecule has 0 bridgehead atoms. The Bertz CT molecular complexity index is 5800. The largest absolute Gasteiger partial charge is 0.497 e. The number of hydrogen-bond donors (Lipinski definition) is 5. The van der Waals surface area contributed by atoms with E-state index in [2.05, 4.69) is 167 Å². The summed E-state index contributed by atoms with van der Waals surface area (Å²) in [5.41, 5.74) is 5.09. The Labute approximate surface area is 796 Å². The number of carbonyl (C=O) groups is 1. The van der Waals surface area contributed by atoms with Crippen LogP contribution in [0.15, 0.2) is 246 Å². The molecule has 0 saturated heterocycles. The summed E-state index contributed by atoms with van der Waals surface area (Å²) in [6, 6.07) is 75.1. The second-order valence-electron chi connectivity index (χ2n) is 30.0. The van der Waals surface area contributed by atoms with Crippen LogP contribution in [0, 0.1) is 40.5 Å². The lowest BCUT2D eigenvalue weighted by Crippen LogP contribution is -2.66. The lowest BCUT2D eigenvalue weighted by Gasteiger charge is -2.43. The van der Waals surface area contributed by atoms with Gasteiger partial charge in [-0.1, -0.05) is 275 Å². The number of anilines is 8. The molecular weight excluding hydrogens is 1810 g/mol. The highest BCUT2D eigenvalue weighted by Gasteiger charge is 2.50. The zero-order valence-corrected chi connectivity index (χ0v) is 82.2. The third kappa shape index (κ3) is 30.8. The van der Waals surface area contributed by atoms with Gasteiger partial charge in [0.1, 0.15) is 11.5 Å². The number of sulfone groups is 1. The molecule has 0 fully saturated rings. The van der Waals surface area contributed by atoms with Crippen LogP contribution in [-0.4, -0.2) is 183 Å². The number of benzene rings is 8. The molecule has 0 unspecified atom stereocenters. The third-order valence-electron chi connectivity index (χ3n) is 20.2. The standard InChI is InChI=1S/C32H40N6O3Si.C15H19N5O4S.C15H19N5O2S.C14H15ClN4O2S.C9H13N.C9H10O3/c1-6-37(24-25-16-10-7-11-17-25)30-28(38(39)40)29(33-5)35-31(36-30)34-22-23-41-42(32(2,3)4,26-18-12-8-13-19-26)27-20-14-9-15-21-27;1-4-19(10-11-8-6-5-7-9-11)14-12(20(21)22)13(16-2)17-15(18-14)25(3,23)24;1-4-19(10-11-8-6-5-7-9-11)14-12(20(21)22)13(16-2)17-15(18-14)23-3;1-3-18(9-10-7-5-4-6-8-10)13-11(19(20)21)12(15)16-14(17-13)22-2;1-2-10-8-9-6-4-3-5-7-9;1-11-8-4-3-7(6-10)9(5-8)12-2/h7-21H,6,22-24H2,1-5H3,(H2,33,34,35,36);5-9H,4,10H2,1-3H3,(H,16,17,18);5-9H,4,10H2,1-3H3,(H,16,17,18);4-8H,3,9H2,1-2H3;3-7,10H,2,8H2,1H3;3-6H,1-2H3. The second kappa shape index (κ2) is 54.4. The highest BCUT2D eigenvalue weighted by molar-refractivity contribution is 7.98. The Morgan fingerprint density at radius 1 is 0.463 bits per heavy atom. The summed E-state index contributed by atoms with van der Waals surface area (Å²) in [7, 11) is 1.35. The molecule has 0 saturated carbocycles. The van der Waals surface area contributed by atoms with E-state index in [0.717, 1.165) is 47.9 Å². The Kier molecular flexibility index (Phi) is 43.6. The Morgan fingerprint density at radius 2 is 0.813 bits per heavy atom. The minimum atomic E-state index is -3.73. The molecule has 0 aliphatic rings. The van der Waals surface area contributed by atoms with Gasteiger partial charge in [-0.15, -0.1) is 0 Å². The number of thioether (sulfide) groups is 2. The van der Waals surface area contributed by atoms with Crippen LogP contribution in [0.5, 0.6) is 11.5 Å². The molecule has 40 heteroatoms. The van der Waals surface area contributed by atoms with E-state index < -0.39 is 43.0 Å². The van der Waals surface area contributed by atoms with Crippen LogP contribution >= 0.6 is 35.1 Å². The van der Waals surface area contributed by atoms with Crippen LogP contribution in [0.3, 0.4) is 0 Å². The number of hydrogen-bond acceptors (Lipinski definition) is 33. The van der Waals surface area contributed by atoms with E-state index in [4.69, 9.17) is 25.5 Å². The monoisotopic (exact) mass is 1920 g/mol. The van der Waals surface area contributed by atoms with Gasteiger partial charge >= 0.3 is 22.7 Å². The lowest BCUT2D eigenvalue weighted by molar-refractivity contribution is -0.384. The molecule has 12 rings (SSSR count). The fourth-order valence-corrected chi connectivity index (χ4v) is 19.7. The normalized spacial score (nSPS) is 10.8. The van der Waals surface area contributed by atoms with E-state index in [0.29, 0.717) is 105 Å². The first-order valence-electron chi connectivity index (χ1n) is 42.7. The zero-order valence-electron chi connectivity index (χ0n) is 78.0. The molecule has 710 valence electrons. The van der Waals surface area contributed by atoms with Crippen LogP contribution in [0.2, 0.25) is 10.2 Å². The van der Waals surface area contributed by atoms with Crippen molar-refractivity contribution in [2.24, 2.45) is 0 Å². The summed E-state index contributed by atoms with van der Waals surface area (Å²) in [5, 5.41) is 64.0. The molecule has 8 aromatic carbocycles. The van der Waals surface area contributed by atoms with Crippen molar-refractivity contribution in [2.45, 2.75) is 109 Å². The van der Waals surface area contributed by atoms with Gasteiger partial charge in [0.05, 0.1) is 46.1 Å². The van der Waals surface area contributed by atoms with Gasteiger partial charge in [-0.2, -0.15) is 34.9 Å². The summed E-state index contributed by atoms with van der Waals surface area (Å²) in [4.78, 5) is 95.9. The molecule has 0 amide bonds. The zero-order chi connectivity index (χ0) is 97.9. The van der Waals surface area contributed by atoms with Gasteiger partial charge in [0.15, 0.2) is 16.6 Å². The van der Waals surface area contributed by atoms with Crippen molar-refractivity contribution >= 4 is 139 Å². The quantitative estimate of drug-likeness (QED) is 0.00349. The van der Waals surface area contributed by atoms with Crippen LogP contribution in [0.25, 0.3) is 0 Å². The maximum Gasteiger partial charge on any atom is 0.353 e. The highest BCUT2D eigenvalue weighted by Crippen LogP contribution is 2.41. The molecule has 5 N–H and O–H groups in total. The molecule has 0 aliphatic carbocycles. The first-order valence-corrected chi connectivity index (χ1v) is 49.3. The Hall–Kier alpha value is -13.6. The summed E-state index contributed by atoms with van der Waals surface area (Å²) in [6.45, 7) is 23.3. The van der Waals surface area contributed by atoms with Gasteiger partial charge in [-0.05, 0) is 102 Å². The van der Waals surface area contributed by atoms with E-state index in [-0.39, 0.29) is 67.8 Å². The first kappa shape index (κ1) is 107. The van der Waals surface area contributed by atoms with Gasteiger partial charge < -0.3 is 60.1 Å². The van der Waals surface area contributed by atoms with Crippen LogP contribution in [0.4, 0.5) is 69.4 Å². The van der Waals surface area contributed by atoms with Crippen LogP contribution in [0.1, 0.15) is 93.6 Å². The van der Waals surface area contributed by atoms with Crippen molar-refractivity contribution in [3.8, 4) is 11.5 Å². The van der Waals surface area contributed by atoms with Crippen molar-refractivity contribution in [1.29, 1.82) is 0 Å². The number of nitrogens with one attached hydrogen (secondary N) is 5. The van der Waals surface area contributed by atoms with Gasteiger partial charge in [-0.3, -0.25) is 45.3 Å². The maximum atomic E-state index is 12.1. The Balaban J connectivity index is 0.000000232. The predicted octanol–water partition coefficient (Wildman–Crippen LogP) is 17.6. The molecule has 4 heterocycles. The number of ether oxygens (including phenoxy) is 2. The van der Waals surface area contributed by atoms with E-state index in [9.17, 15) is 53.7 Å². The van der Waals surface area contributed by atoms with Crippen molar-refractivity contribution in [2.75, 3.05) is 141 Å². The van der Waals surface area contributed by atoms with Crippen LogP contribution in [-0.2, 0) is 47.0 Å². The van der Waals surface area contributed by atoms with E-state index in [1.165, 1.54) is 53.6 Å². The van der Waals surface area contributed by atoms with E-state index >= 15 is 0 Å². The first-order chi connectivity index (χ1) is 64.4. The van der Waals surface area contributed by atoms with Gasteiger partial charge in [0.25, 0.3) is 13.5 Å². The van der Waals surface area contributed by atoms with Crippen molar-refractivity contribution in [3.63, 3.8) is 0 Å². The number of carbonyl (C=O) groups excluding carboxylic acids is 1. The van der Waals surface area contributed by atoms with Crippen LogP contribution < -0.4 is 66.0 Å². The number of rotatable bonds is 39. The molecule has 0 atom stereocenters. The van der Waals surface area contributed by atoms with Crippen molar-refractivity contribution in [3.05, 3.63) is 310 Å². The number of methoxy groups -OCH3 is 2. The van der Waals surface area contributed by atoms with Gasteiger partial charge in [0.2, 0.25) is 61.7 Å². The van der Waals surface area contributed by atoms with Gasteiger partial charge in [-0.25, -0.2) is 13.4 Å². The molecule has 0 spiro atoms. The maximum absolute atomic E-state index is 12.1. The molecule has 0 radical (unpaired) electrons. The smallest absolute Gasteiger partial charge is 0.353 e. The molecule has 0 aliphatic heterocycles. The summed E-state index contributed by atoms with van der Waals surface area (Å²) < 4.78 is 40.6. The number of nitro groups is 4. The molecule has 4 aromatic heterocycles. The second-order valence-corrected chi connectivity index (χ2v) is 38.1. The van der Waals surface area contributed by atoms with Crippen molar-refractivity contribution < 1.29 is 46.8 Å². The average Bonchev–Trinajstić information content (AvgIpc) is 0.745. The predicted molar refractivity (Wildman–Crippen MR) is 539 cm³/mol. The van der Waals surface area contributed by atoms with E-state index in [1.807, 2.05) is 188 Å². The molecular formula is C94H116ClN21O14S3Si. The summed E-state index contributed by atoms with van der Waals surface area (Å²) in [6.07, 6.45) is 5.36. The lowest BCUT2D eigenvalue weighted by atomic mass is 10.2. The van der Waals surface area contributed by atoms with Gasteiger partial charge in [0, 0.05) is 98.9 Å². The Morgan fingerprint density at radius 3 is 1.15 bits per heavy atom. The summed E-state index contributed by atoms with van der Waals surface area (Å²) >= 11 is 8.63. The summed E-state index contributed by atoms with van der Waals surface area (Å²) in [5.74, 6) is 2.59. The third-order valence-corrected chi connectivity index (χ3v) is 27.4. The fourth-order valence-electron chi connectivity index (χ4n) is 13.7.